The van der Waals surface area contributed by atoms with Crippen LogP contribution >= 0.6 is 0 Å². The monoisotopic (exact) mass is 156 g/mol. The zero-order valence-electron chi connectivity index (χ0n) is 6.26. The van der Waals surface area contributed by atoms with Crippen molar-refractivity contribution in [3.05, 3.63) is 11.4 Å². The Labute approximate surface area is 63.3 Å². The molecule has 0 radical (unpaired) electrons. The van der Waals surface area contributed by atoms with E-state index in [1.165, 1.54) is 6.34 Å². The summed E-state index contributed by atoms with van der Waals surface area (Å²) in [7, 11) is 3.63. The van der Waals surface area contributed by atoms with Crippen molar-refractivity contribution in [2.75, 3.05) is 14.1 Å². The Balaban J connectivity index is 2.64. The van der Waals surface area contributed by atoms with Gasteiger partial charge in [-0.25, -0.2) is 0 Å². The lowest BCUT2D eigenvalue weighted by Gasteiger charge is -1.98. The van der Waals surface area contributed by atoms with Crippen molar-refractivity contribution in [2.24, 2.45) is 4.99 Å². The molecule has 0 saturated carbocycles. The first-order valence-electron chi connectivity index (χ1n) is 2.95. The Hall–Kier alpha value is -1.59. The lowest BCUT2D eigenvalue weighted by Crippen LogP contribution is -2.20. The van der Waals surface area contributed by atoms with Gasteiger partial charge in [-0.3, -0.25) is 4.63 Å². The van der Waals surface area contributed by atoms with Gasteiger partial charge in [-0.15, -0.1) is 0 Å². The molecule has 0 aromatic carbocycles. The molecule has 0 N–H and O–H groups in total. The third kappa shape index (κ3) is 2.24. The van der Waals surface area contributed by atoms with Gasteiger partial charge in [-0.1, -0.05) is 0 Å². The van der Waals surface area contributed by atoms with Crippen molar-refractivity contribution in [2.45, 2.75) is 0 Å². The second-order valence-electron chi connectivity index (χ2n) is 2.15. The molecule has 6 heteroatoms. The summed E-state index contributed by atoms with van der Waals surface area (Å²) in [5.74, 6) is 0.258. The average molecular weight is 156 g/mol. The van der Waals surface area contributed by atoms with E-state index in [4.69, 9.17) is 0 Å². The number of hydrogen-bond donors (Lipinski definition) is 0. The molecule has 0 aliphatic carbocycles. The number of nitrogens with zero attached hydrogens (tertiary/aromatic N) is 4. The van der Waals surface area contributed by atoms with Gasteiger partial charge in [0.2, 0.25) is 6.20 Å². The minimum Gasteiger partial charge on any atom is -0.369 e. The van der Waals surface area contributed by atoms with Crippen molar-refractivity contribution in [3.8, 4) is 0 Å². The molecule has 0 saturated heterocycles. The van der Waals surface area contributed by atoms with E-state index < -0.39 is 0 Å². The number of rotatable bonds is 2. The minimum absolute atomic E-state index is 0.238. The maximum atomic E-state index is 10.3. The van der Waals surface area contributed by atoms with E-state index in [9.17, 15) is 5.21 Å². The predicted octanol–water partition coefficient (Wildman–Crippen LogP) is -0.471. The van der Waals surface area contributed by atoms with Gasteiger partial charge in [-0.05, 0) is 4.90 Å². The van der Waals surface area contributed by atoms with E-state index >= 15 is 0 Å². The number of aromatic nitrogens is 2. The Morgan fingerprint density at radius 3 is 3.00 bits per heavy atom. The molecule has 1 aromatic heterocycles. The van der Waals surface area contributed by atoms with Gasteiger partial charge in [0.1, 0.15) is 0 Å². The summed E-state index contributed by atoms with van der Waals surface area (Å²) in [6.45, 7) is 0. The Morgan fingerprint density at radius 2 is 2.55 bits per heavy atom. The molecular formula is C5H8N4O2. The molecule has 1 rings (SSSR count). The molecular weight excluding hydrogens is 148 g/mol. The van der Waals surface area contributed by atoms with Crippen LogP contribution in [0, 0.1) is 5.21 Å². The van der Waals surface area contributed by atoms with Gasteiger partial charge in [0, 0.05) is 14.1 Å². The van der Waals surface area contributed by atoms with Gasteiger partial charge in [0.15, 0.2) is 0 Å². The van der Waals surface area contributed by atoms with Crippen LogP contribution in [-0.4, -0.2) is 30.5 Å². The molecule has 1 heterocycles. The fraction of sp³-hybridized carbons (Fsp3) is 0.400. The highest BCUT2D eigenvalue weighted by atomic mass is 16.8. The topological polar surface area (TPSA) is 68.6 Å². The summed E-state index contributed by atoms with van der Waals surface area (Å²) >= 11 is 0. The van der Waals surface area contributed by atoms with Gasteiger partial charge in [0.25, 0.3) is 0 Å². The molecule has 0 aliphatic heterocycles. The van der Waals surface area contributed by atoms with E-state index in [0.29, 0.717) is 0 Å². The maximum absolute atomic E-state index is 10.3. The Kier molecular flexibility index (Phi) is 2.05. The van der Waals surface area contributed by atoms with Crippen LogP contribution in [0.25, 0.3) is 0 Å². The minimum atomic E-state index is 0.238. The second kappa shape index (κ2) is 3.00. The molecule has 0 atom stereocenters. The second-order valence-corrected chi connectivity index (χ2v) is 2.15. The summed E-state index contributed by atoms with van der Waals surface area (Å²) in [5.41, 5.74) is 0. The highest BCUT2D eigenvalue weighted by molar-refractivity contribution is 5.58. The fourth-order valence-electron chi connectivity index (χ4n) is 0.455. The lowest BCUT2D eigenvalue weighted by atomic mass is 10.8. The predicted molar refractivity (Wildman–Crippen MR) is 37.3 cm³/mol. The standard InChI is InChI=1S/C5H8N4O2/c1-8(2)4-6-5-3-9(10)11-7-5/h3-4H,1-2H3. The maximum Gasteiger partial charge on any atom is 0.334 e. The molecule has 0 unspecified atom stereocenters. The molecule has 0 spiro atoms. The van der Waals surface area contributed by atoms with E-state index in [-0.39, 0.29) is 10.7 Å². The van der Waals surface area contributed by atoms with Crippen LogP contribution < -0.4 is 4.90 Å². The van der Waals surface area contributed by atoms with Gasteiger partial charge < -0.3 is 10.1 Å². The Morgan fingerprint density at radius 1 is 1.82 bits per heavy atom. The van der Waals surface area contributed by atoms with E-state index in [2.05, 4.69) is 14.8 Å². The van der Waals surface area contributed by atoms with Crippen LogP contribution in [0.2, 0.25) is 0 Å². The number of hydrogen-bond acceptors (Lipinski definition) is 4. The average Bonchev–Trinajstić information content (AvgIpc) is 2.31. The van der Waals surface area contributed by atoms with Gasteiger partial charge in [0.05, 0.1) is 11.5 Å². The van der Waals surface area contributed by atoms with Gasteiger partial charge >= 0.3 is 5.82 Å². The van der Waals surface area contributed by atoms with E-state index in [1.807, 2.05) is 14.1 Å². The Bertz CT molecular complexity index is 255. The zero-order chi connectivity index (χ0) is 8.27. The molecule has 0 aliphatic rings. The van der Waals surface area contributed by atoms with Crippen LogP contribution in [-0.2, 0) is 0 Å². The van der Waals surface area contributed by atoms with Gasteiger partial charge in [-0.2, -0.15) is 4.99 Å². The smallest absolute Gasteiger partial charge is 0.334 e. The summed E-state index contributed by atoms with van der Waals surface area (Å²) in [6.07, 6.45) is 2.66. The quantitative estimate of drug-likeness (QED) is 0.330. The first kappa shape index (κ1) is 7.52. The number of aliphatic imine (C=N–C) groups is 1. The van der Waals surface area contributed by atoms with Crippen LogP contribution in [0.1, 0.15) is 0 Å². The van der Waals surface area contributed by atoms with Crippen molar-refractivity contribution in [1.29, 1.82) is 0 Å². The summed E-state index contributed by atoms with van der Waals surface area (Å²) in [5, 5.41) is 13.7. The molecule has 11 heavy (non-hydrogen) atoms. The molecule has 0 fully saturated rings. The first-order valence-corrected chi connectivity index (χ1v) is 2.95. The molecule has 0 amide bonds. The van der Waals surface area contributed by atoms with Crippen LogP contribution in [0.15, 0.2) is 15.8 Å². The van der Waals surface area contributed by atoms with Crippen molar-refractivity contribution < 1.29 is 9.53 Å². The van der Waals surface area contributed by atoms with Crippen LogP contribution in [0.3, 0.4) is 0 Å². The van der Waals surface area contributed by atoms with Crippen molar-refractivity contribution in [3.63, 3.8) is 0 Å². The van der Waals surface area contributed by atoms with E-state index in [0.717, 1.165) is 6.20 Å². The third-order valence-corrected chi connectivity index (χ3v) is 0.857. The van der Waals surface area contributed by atoms with Crippen molar-refractivity contribution >= 4 is 12.2 Å². The summed E-state index contributed by atoms with van der Waals surface area (Å²) in [4.78, 5) is 5.77. The van der Waals surface area contributed by atoms with E-state index in [1.54, 1.807) is 4.90 Å². The third-order valence-electron chi connectivity index (χ3n) is 0.857. The van der Waals surface area contributed by atoms with Crippen LogP contribution in [0.5, 0.6) is 0 Å². The SMILES string of the molecule is CN(C)C=Nc1c[n+]([O-])on1. The highest BCUT2D eigenvalue weighted by Gasteiger charge is 2.00. The normalized spacial score (nSPS) is 10.7. The van der Waals surface area contributed by atoms with Crippen LogP contribution in [0.4, 0.5) is 5.82 Å². The summed E-state index contributed by atoms with van der Waals surface area (Å²) < 4.78 is 4.18. The molecule has 6 nitrogen and oxygen atoms in total. The highest BCUT2D eigenvalue weighted by Crippen LogP contribution is 1.99. The first-order chi connectivity index (χ1) is 5.18. The fourth-order valence-corrected chi connectivity index (χ4v) is 0.455. The van der Waals surface area contributed by atoms with Crippen molar-refractivity contribution in [1.82, 2.24) is 10.1 Å². The lowest BCUT2D eigenvalue weighted by molar-refractivity contribution is -0.802. The molecule has 60 valence electrons. The molecule has 0 bridgehead atoms. The zero-order valence-corrected chi connectivity index (χ0v) is 6.26. The molecule has 1 aromatic rings. The largest absolute Gasteiger partial charge is 0.369 e. The summed E-state index contributed by atoms with van der Waals surface area (Å²) in [6, 6.07) is 0.